The molecule has 1 aromatic carbocycles. The maximum Gasteiger partial charge on any atom is 0.303 e. The molecular weight excluding hydrogens is 904 g/mol. The first-order chi connectivity index (χ1) is 31.6. The molecule has 3 fully saturated rings. The van der Waals surface area contributed by atoms with E-state index in [1.54, 1.807) is 12.1 Å². The molecule has 0 unspecified atom stereocenters. The van der Waals surface area contributed by atoms with Gasteiger partial charge in [-0.3, -0.25) is 43.2 Å². The van der Waals surface area contributed by atoms with E-state index in [1.165, 1.54) is 19.2 Å². The van der Waals surface area contributed by atoms with E-state index in [1.807, 2.05) is 0 Å². The van der Waals surface area contributed by atoms with Crippen LogP contribution in [-0.2, 0) is 109 Å². The summed E-state index contributed by atoms with van der Waals surface area (Å²) in [5, 5.41) is 0. The minimum atomic E-state index is -1.94. The van der Waals surface area contributed by atoms with Crippen molar-refractivity contribution in [2.45, 2.75) is 148 Å². The van der Waals surface area contributed by atoms with Crippen LogP contribution in [-0.4, -0.2) is 167 Å². The summed E-state index contributed by atoms with van der Waals surface area (Å²) < 4.78 is 92.6. The number of esters is 9. The van der Waals surface area contributed by atoms with E-state index >= 15 is 0 Å². The van der Waals surface area contributed by atoms with Crippen molar-refractivity contribution < 1.29 is 119 Å². The summed E-state index contributed by atoms with van der Waals surface area (Å²) in [7, 11) is 1.43. The number of hydrogen-bond acceptors (Lipinski definition) is 25. The molecule has 14 atom stereocenters. The number of hydrogen-bond donors (Lipinski definition) is 0. The minimum absolute atomic E-state index is 0.123. The van der Waals surface area contributed by atoms with E-state index in [9.17, 15) is 43.2 Å². The van der Waals surface area contributed by atoms with Gasteiger partial charge in [-0.25, -0.2) is 0 Å². The van der Waals surface area contributed by atoms with Crippen LogP contribution in [0, 0.1) is 0 Å². The van der Waals surface area contributed by atoms with Gasteiger partial charge in [0.15, 0.2) is 61.4 Å². The van der Waals surface area contributed by atoms with Crippen LogP contribution in [0.2, 0.25) is 0 Å². The van der Waals surface area contributed by atoms with Crippen LogP contribution in [0.3, 0.4) is 0 Å². The fraction of sp³-hybridized carbons (Fsp3) is 0.643. The Balaban J connectivity index is 1.95. The molecule has 1 aromatic rings. The Kier molecular flexibility index (Phi) is 19.6. The first-order valence-electron chi connectivity index (χ1n) is 20.6. The Morgan fingerprint density at radius 3 is 1.16 bits per heavy atom. The van der Waals surface area contributed by atoms with Crippen LogP contribution in [0.1, 0.15) is 62.3 Å². The van der Waals surface area contributed by atoms with Crippen molar-refractivity contribution >= 4 is 53.7 Å². The lowest BCUT2D eigenvalue weighted by molar-refractivity contribution is -0.376. The molecule has 4 rings (SSSR count). The minimum Gasteiger partial charge on any atom is -0.497 e. The Labute approximate surface area is 383 Å². The van der Waals surface area contributed by atoms with Crippen molar-refractivity contribution in [3.8, 4) is 11.5 Å². The predicted molar refractivity (Wildman–Crippen MR) is 213 cm³/mol. The molecule has 0 spiro atoms. The molecular formula is C42H54O25. The molecule has 3 heterocycles. The third-order valence-corrected chi connectivity index (χ3v) is 9.49. The summed E-state index contributed by atoms with van der Waals surface area (Å²) in [6, 6.07) is 6.06. The van der Waals surface area contributed by atoms with Gasteiger partial charge in [0.2, 0.25) is 6.29 Å². The molecule has 0 amide bonds. The first kappa shape index (κ1) is 53.5. The van der Waals surface area contributed by atoms with E-state index < -0.39 is 160 Å². The van der Waals surface area contributed by atoms with E-state index in [-0.39, 0.29) is 5.75 Å². The summed E-state index contributed by atoms with van der Waals surface area (Å²) in [5.74, 6) is -7.60. The van der Waals surface area contributed by atoms with Crippen LogP contribution in [0.25, 0.3) is 0 Å². The highest BCUT2D eigenvalue weighted by Crippen LogP contribution is 2.37. The zero-order valence-corrected chi connectivity index (χ0v) is 38.2. The van der Waals surface area contributed by atoms with Crippen LogP contribution in [0.4, 0.5) is 0 Å². The second-order valence-corrected chi connectivity index (χ2v) is 15.0. The van der Waals surface area contributed by atoms with Crippen molar-refractivity contribution in [3.05, 3.63) is 24.3 Å². The van der Waals surface area contributed by atoms with Crippen LogP contribution in [0.15, 0.2) is 24.3 Å². The van der Waals surface area contributed by atoms with E-state index in [4.69, 9.17) is 75.8 Å². The van der Waals surface area contributed by atoms with Crippen molar-refractivity contribution in [1.29, 1.82) is 0 Å². The Morgan fingerprint density at radius 1 is 0.433 bits per heavy atom. The second-order valence-electron chi connectivity index (χ2n) is 15.0. The summed E-state index contributed by atoms with van der Waals surface area (Å²) in [4.78, 5) is 112. The van der Waals surface area contributed by atoms with Gasteiger partial charge in [0.25, 0.3) is 0 Å². The van der Waals surface area contributed by atoms with Gasteiger partial charge in [0, 0.05) is 62.3 Å². The van der Waals surface area contributed by atoms with Crippen molar-refractivity contribution in [1.82, 2.24) is 0 Å². The average molecular weight is 959 g/mol. The molecule has 25 nitrogen and oxygen atoms in total. The first-order valence-corrected chi connectivity index (χ1v) is 20.6. The maximum atomic E-state index is 12.8. The molecule has 0 aromatic heterocycles. The monoisotopic (exact) mass is 958 g/mol. The number of ether oxygens (including phenoxy) is 16. The SMILES string of the molecule is COc1ccc(O[C@@H]2OC[C@H](OC(C)=O)[C@H](O[C@@H]3O[C@H](COC(C)=O)[C@H](OC(C)=O)[C@H](OC(C)=O)[C@H]3OC(C)=O)[C@H]2O[C@@H]2O[C@H](COC(C)=O)[C@H](OC(C)=O)[C@H](OC(C)=O)[C@H]2OC(C)=O)cc1. The molecule has 372 valence electrons. The van der Waals surface area contributed by atoms with Gasteiger partial charge in [-0.2, -0.15) is 0 Å². The lowest BCUT2D eigenvalue weighted by Crippen LogP contribution is -2.68. The summed E-state index contributed by atoms with van der Waals surface area (Å²) >= 11 is 0. The molecule has 3 saturated heterocycles. The van der Waals surface area contributed by atoms with Gasteiger partial charge < -0.3 is 75.8 Å². The molecule has 3 aliphatic heterocycles. The van der Waals surface area contributed by atoms with Gasteiger partial charge >= 0.3 is 53.7 Å². The largest absolute Gasteiger partial charge is 0.497 e. The maximum absolute atomic E-state index is 12.8. The highest BCUT2D eigenvalue weighted by atomic mass is 16.8. The van der Waals surface area contributed by atoms with Crippen LogP contribution >= 0.6 is 0 Å². The quantitative estimate of drug-likeness (QED) is 0.141. The molecule has 0 bridgehead atoms. The zero-order valence-electron chi connectivity index (χ0n) is 38.2. The highest BCUT2D eigenvalue weighted by molar-refractivity contribution is 5.70. The standard InChI is InChI=1S/C42H54O25/c1-18(43)53-15-30-32(57-21(4)46)35(59-23(6)48)38(61-25(8)50)41(64-30)66-34-29(56-20(3)45)17-55-40(63-28-13-11-27(52-10)12-14-28)37(34)67-42-39(62-26(9)51)36(60-24(7)49)33(58-22(5)47)31(65-42)16-54-19(2)44/h11-14,29-42H,15-17H2,1-10H3/t29-,30+,31+,32-,33-,34-,35-,36-,37+,38+,39+,40-,41-,42-/m0/s1. The third kappa shape index (κ3) is 15.7. The summed E-state index contributed by atoms with van der Waals surface area (Å²) in [5.41, 5.74) is 0. The predicted octanol–water partition coefficient (Wildman–Crippen LogP) is 0.299. The van der Waals surface area contributed by atoms with Crippen molar-refractivity contribution in [2.75, 3.05) is 26.9 Å². The van der Waals surface area contributed by atoms with Crippen molar-refractivity contribution in [2.24, 2.45) is 0 Å². The van der Waals surface area contributed by atoms with Crippen LogP contribution < -0.4 is 9.47 Å². The highest BCUT2D eigenvalue weighted by Gasteiger charge is 2.59. The van der Waals surface area contributed by atoms with Crippen LogP contribution in [0.5, 0.6) is 11.5 Å². The van der Waals surface area contributed by atoms with Gasteiger partial charge in [-0.15, -0.1) is 0 Å². The fourth-order valence-electron chi connectivity index (χ4n) is 7.16. The van der Waals surface area contributed by atoms with Gasteiger partial charge in [0.1, 0.15) is 43.0 Å². The number of carbonyl (C=O) groups is 9. The Morgan fingerprint density at radius 2 is 0.791 bits per heavy atom. The lowest BCUT2D eigenvalue weighted by Gasteiger charge is -2.49. The molecule has 25 heteroatoms. The molecule has 3 aliphatic rings. The molecule has 0 N–H and O–H groups in total. The number of benzene rings is 1. The number of carbonyl (C=O) groups excluding carboxylic acids is 9. The average Bonchev–Trinajstić information content (AvgIpc) is 3.21. The third-order valence-electron chi connectivity index (χ3n) is 9.49. The Bertz CT molecular complexity index is 1940. The van der Waals surface area contributed by atoms with Gasteiger partial charge in [0.05, 0.1) is 13.7 Å². The van der Waals surface area contributed by atoms with Gasteiger partial charge in [-0.1, -0.05) is 0 Å². The zero-order chi connectivity index (χ0) is 49.7. The molecule has 67 heavy (non-hydrogen) atoms. The number of rotatable bonds is 18. The van der Waals surface area contributed by atoms with E-state index in [0.717, 1.165) is 62.3 Å². The van der Waals surface area contributed by atoms with E-state index in [0.29, 0.717) is 5.75 Å². The summed E-state index contributed by atoms with van der Waals surface area (Å²) in [6.45, 7) is 7.48. The van der Waals surface area contributed by atoms with Crippen molar-refractivity contribution in [3.63, 3.8) is 0 Å². The van der Waals surface area contributed by atoms with Gasteiger partial charge in [-0.05, 0) is 24.3 Å². The molecule has 0 radical (unpaired) electrons. The molecule has 0 saturated carbocycles. The normalized spacial score (nSPS) is 30.2. The smallest absolute Gasteiger partial charge is 0.303 e. The summed E-state index contributed by atoms with van der Waals surface area (Å²) in [6.07, 6.45) is -23.9. The topological polar surface area (TPSA) is 301 Å². The molecule has 0 aliphatic carbocycles. The fourth-order valence-corrected chi connectivity index (χ4v) is 7.16. The second kappa shape index (κ2) is 24.6. The lowest BCUT2D eigenvalue weighted by atomic mass is 9.96. The Hall–Kier alpha value is -6.15. The van der Waals surface area contributed by atoms with E-state index in [2.05, 4.69) is 0 Å². The number of methoxy groups -OCH3 is 1.